The van der Waals surface area contributed by atoms with Crippen LogP contribution >= 0.6 is 0 Å². The van der Waals surface area contributed by atoms with Gasteiger partial charge in [-0.3, -0.25) is 9.78 Å². The molecule has 0 unspecified atom stereocenters. The third-order valence-corrected chi connectivity index (χ3v) is 4.53. The molecule has 0 aromatic carbocycles. The van der Waals surface area contributed by atoms with Crippen LogP contribution in [0.2, 0.25) is 0 Å². The van der Waals surface area contributed by atoms with Crippen molar-refractivity contribution in [3.63, 3.8) is 0 Å². The van der Waals surface area contributed by atoms with Crippen LogP contribution in [0.3, 0.4) is 0 Å². The summed E-state index contributed by atoms with van der Waals surface area (Å²) in [7, 11) is 3.59. The Morgan fingerprint density at radius 1 is 1.12 bits per heavy atom. The predicted molar refractivity (Wildman–Crippen MR) is 97.6 cm³/mol. The van der Waals surface area contributed by atoms with Crippen LogP contribution in [0.1, 0.15) is 0 Å². The molecule has 0 saturated carbocycles. The van der Waals surface area contributed by atoms with Gasteiger partial charge in [-0.15, -0.1) is 0 Å². The highest BCUT2D eigenvalue weighted by molar-refractivity contribution is 5.89. The fraction of sp³-hybridized carbons (Fsp3) is 0.333. The molecule has 0 aliphatic carbocycles. The average molecular weight is 353 g/mol. The number of anilines is 1. The molecule has 26 heavy (non-hydrogen) atoms. The molecule has 1 aliphatic rings. The van der Waals surface area contributed by atoms with Gasteiger partial charge in [-0.2, -0.15) is 0 Å². The van der Waals surface area contributed by atoms with E-state index >= 15 is 0 Å². The maximum atomic E-state index is 12.6. The summed E-state index contributed by atoms with van der Waals surface area (Å²) < 4.78 is 11.1. The van der Waals surface area contributed by atoms with Crippen molar-refractivity contribution in [1.29, 1.82) is 0 Å². The number of piperazine rings is 1. The van der Waals surface area contributed by atoms with Crippen molar-refractivity contribution in [3.05, 3.63) is 40.9 Å². The van der Waals surface area contributed by atoms with Gasteiger partial charge in [-0.05, 0) is 13.1 Å². The standard InChI is InChI=1S/C18H19N5O3/c1-22-5-7-23(8-6-22)15-9-14(24)13-3-4-19-16(17(13)26-15)12-10-20-18(25-2)21-11-12/h3-4,9-11H,5-8H2,1-2H3. The summed E-state index contributed by atoms with van der Waals surface area (Å²) in [6.45, 7) is 3.47. The third-order valence-electron chi connectivity index (χ3n) is 4.53. The first-order chi connectivity index (χ1) is 12.7. The largest absolute Gasteiger partial charge is 0.467 e. The molecule has 1 fully saturated rings. The molecule has 0 atom stereocenters. The van der Waals surface area contributed by atoms with Crippen LogP contribution in [-0.4, -0.2) is 60.2 Å². The number of nitrogens with zero attached hydrogens (tertiary/aromatic N) is 5. The van der Waals surface area contributed by atoms with Gasteiger partial charge in [0.05, 0.1) is 12.5 Å². The Kier molecular flexibility index (Phi) is 4.26. The van der Waals surface area contributed by atoms with E-state index in [1.807, 2.05) is 0 Å². The maximum Gasteiger partial charge on any atom is 0.316 e. The fourth-order valence-corrected chi connectivity index (χ4v) is 3.00. The summed E-state index contributed by atoms with van der Waals surface area (Å²) >= 11 is 0. The van der Waals surface area contributed by atoms with Crippen molar-refractivity contribution in [2.45, 2.75) is 0 Å². The van der Waals surface area contributed by atoms with Gasteiger partial charge in [0.2, 0.25) is 0 Å². The van der Waals surface area contributed by atoms with E-state index in [2.05, 4.69) is 31.8 Å². The van der Waals surface area contributed by atoms with Gasteiger partial charge >= 0.3 is 6.01 Å². The quantitative estimate of drug-likeness (QED) is 0.699. The minimum absolute atomic E-state index is 0.0849. The lowest BCUT2D eigenvalue weighted by molar-refractivity contribution is 0.306. The molecule has 8 nitrogen and oxygen atoms in total. The van der Waals surface area contributed by atoms with Gasteiger partial charge in [0.25, 0.3) is 0 Å². The zero-order chi connectivity index (χ0) is 18.1. The number of ether oxygens (including phenoxy) is 1. The fourth-order valence-electron chi connectivity index (χ4n) is 3.00. The van der Waals surface area contributed by atoms with E-state index in [9.17, 15) is 4.79 Å². The van der Waals surface area contributed by atoms with E-state index in [1.54, 1.807) is 30.7 Å². The van der Waals surface area contributed by atoms with Crippen LogP contribution in [0.4, 0.5) is 5.88 Å². The summed E-state index contributed by atoms with van der Waals surface area (Å²) in [6, 6.07) is 3.50. The molecule has 134 valence electrons. The predicted octanol–water partition coefficient (Wildman–Crippen LogP) is 1.41. The van der Waals surface area contributed by atoms with E-state index in [-0.39, 0.29) is 11.4 Å². The van der Waals surface area contributed by atoms with Crippen LogP contribution in [0.25, 0.3) is 22.2 Å². The van der Waals surface area contributed by atoms with Gasteiger partial charge in [-0.1, -0.05) is 0 Å². The van der Waals surface area contributed by atoms with Crippen LogP contribution < -0.4 is 15.1 Å². The highest BCUT2D eigenvalue weighted by Crippen LogP contribution is 2.28. The molecule has 1 saturated heterocycles. The second-order valence-corrected chi connectivity index (χ2v) is 6.23. The lowest BCUT2D eigenvalue weighted by Gasteiger charge is -2.32. The lowest BCUT2D eigenvalue weighted by atomic mass is 10.1. The molecule has 0 amide bonds. The van der Waals surface area contributed by atoms with Gasteiger partial charge < -0.3 is 19.0 Å². The summed E-state index contributed by atoms with van der Waals surface area (Å²) in [4.78, 5) is 29.6. The molecule has 8 heteroatoms. The summed E-state index contributed by atoms with van der Waals surface area (Å²) in [6.07, 6.45) is 4.81. The Morgan fingerprint density at radius 3 is 2.54 bits per heavy atom. The van der Waals surface area contributed by atoms with Gasteiger partial charge in [0, 0.05) is 56.4 Å². The Hall–Kier alpha value is -3.00. The molecule has 0 radical (unpaired) electrons. The van der Waals surface area contributed by atoms with Crippen molar-refractivity contribution in [1.82, 2.24) is 19.9 Å². The highest BCUT2D eigenvalue weighted by atomic mass is 16.5. The number of likely N-dealkylation sites (N-methyl/N-ethyl adjacent to an activating group) is 1. The van der Waals surface area contributed by atoms with E-state index in [0.717, 1.165) is 26.2 Å². The monoisotopic (exact) mass is 353 g/mol. The second kappa shape index (κ2) is 6.72. The van der Waals surface area contributed by atoms with E-state index < -0.39 is 0 Å². The molecule has 3 aromatic rings. The zero-order valence-corrected chi connectivity index (χ0v) is 14.7. The second-order valence-electron chi connectivity index (χ2n) is 6.23. The van der Waals surface area contributed by atoms with Gasteiger partial charge in [0.1, 0.15) is 5.69 Å². The highest BCUT2D eigenvalue weighted by Gasteiger charge is 2.19. The average Bonchev–Trinajstić information content (AvgIpc) is 2.68. The SMILES string of the molecule is COc1ncc(-c2nccc3c(=O)cc(N4CCN(C)CC4)oc23)cn1. The first-order valence-corrected chi connectivity index (χ1v) is 8.38. The molecular formula is C18H19N5O3. The first kappa shape index (κ1) is 16.5. The molecule has 0 N–H and O–H groups in total. The van der Waals surface area contributed by atoms with Gasteiger partial charge in [-0.25, -0.2) is 9.97 Å². The van der Waals surface area contributed by atoms with Gasteiger partial charge in [0.15, 0.2) is 16.9 Å². The van der Waals surface area contributed by atoms with E-state index in [0.29, 0.717) is 28.1 Å². The summed E-state index contributed by atoms with van der Waals surface area (Å²) in [5, 5.41) is 0.490. The van der Waals surface area contributed by atoms with Crippen LogP contribution in [0.5, 0.6) is 6.01 Å². The number of fused-ring (bicyclic) bond motifs is 1. The molecule has 0 spiro atoms. The normalized spacial score (nSPS) is 15.4. The Bertz CT molecular complexity index is 978. The Labute approximate surface area is 150 Å². The minimum Gasteiger partial charge on any atom is -0.467 e. The number of hydrogen-bond donors (Lipinski definition) is 0. The minimum atomic E-state index is -0.0849. The number of hydrogen-bond acceptors (Lipinski definition) is 8. The van der Waals surface area contributed by atoms with Crippen molar-refractivity contribution in [2.75, 3.05) is 45.2 Å². The van der Waals surface area contributed by atoms with E-state index in [4.69, 9.17) is 9.15 Å². The molecule has 3 aromatic heterocycles. The number of methoxy groups -OCH3 is 1. The smallest absolute Gasteiger partial charge is 0.316 e. The molecular weight excluding hydrogens is 334 g/mol. The maximum absolute atomic E-state index is 12.6. The summed E-state index contributed by atoms with van der Waals surface area (Å²) in [5.41, 5.74) is 1.56. The number of aromatic nitrogens is 3. The first-order valence-electron chi connectivity index (χ1n) is 8.38. The van der Waals surface area contributed by atoms with Crippen LogP contribution in [0.15, 0.2) is 39.9 Å². The molecule has 4 rings (SSSR count). The molecule has 4 heterocycles. The lowest BCUT2D eigenvalue weighted by Crippen LogP contribution is -2.44. The number of rotatable bonds is 3. The Morgan fingerprint density at radius 2 is 1.85 bits per heavy atom. The van der Waals surface area contributed by atoms with E-state index in [1.165, 1.54) is 7.11 Å². The van der Waals surface area contributed by atoms with Crippen molar-refractivity contribution in [3.8, 4) is 17.3 Å². The number of pyridine rings is 1. The topological polar surface area (TPSA) is 84.6 Å². The van der Waals surface area contributed by atoms with Crippen LogP contribution in [0, 0.1) is 0 Å². The van der Waals surface area contributed by atoms with Crippen molar-refractivity contribution in [2.24, 2.45) is 0 Å². The third kappa shape index (κ3) is 2.99. The van der Waals surface area contributed by atoms with Crippen molar-refractivity contribution >= 4 is 16.9 Å². The van der Waals surface area contributed by atoms with Crippen molar-refractivity contribution < 1.29 is 9.15 Å². The molecule has 0 bridgehead atoms. The van der Waals surface area contributed by atoms with Crippen LogP contribution in [-0.2, 0) is 0 Å². The zero-order valence-electron chi connectivity index (χ0n) is 14.7. The molecule has 1 aliphatic heterocycles. The Balaban J connectivity index is 1.82. The summed E-state index contributed by atoms with van der Waals surface area (Å²) in [5.74, 6) is 0.569.